The first-order chi connectivity index (χ1) is 8.90. The van der Waals surface area contributed by atoms with Crippen LogP contribution in [0, 0.1) is 0 Å². The molecule has 3 rings (SSSR count). The van der Waals surface area contributed by atoms with Crippen molar-refractivity contribution >= 4 is 0 Å². The first kappa shape index (κ1) is 12.0. The Morgan fingerprint density at radius 2 is 2.11 bits per heavy atom. The van der Waals surface area contributed by atoms with E-state index < -0.39 is 0 Å². The molecular weight excluding hydrogens is 228 g/mol. The van der Waals surface area contributed by atoms with Crippen LogP contribution < -0.4 is 10.1 Å². The molecule has 98 valence electrons. The number of benzene rings is 1. The van der Waals surface area contributed by atoms with Gasteiger partial charge in [0, 0.05) is 32.7 Å². The molecule has 0 aromatic heterocycles. The molecule has 2 heterocycles. The molecule has 2 fully saturated rings. The first-order valence-electron chi connectivity index (χ1n) is 6.66. The second-order valence-corrected chi connectivity index (χ2v) is 4.95. The Morgan fingerprint density at radius 3 is 2.83 bits per heavy atom. The minimum atomic E-state index is 0.249. The summed E-state index contributed by atoms with van der Waals surface area (Å²) in [6, 6.07) is 8.43. The van der Waals surface area contributed by atoms with Gasteiger partial charge in [-0.15, -0.1) is 0 Å². The van der Waals surface area contributed by atoms with Gasteiger partial charge in [-0.3, -0.25) is 4.90 Å². The molecular formula is C14H20N2O2. The predicted octanol–water partition coefficient (Wildman–Crippen LogP) is 0.869. The number of ether oxygens (including phenoxy) is 2. The molecule has 0 saturated carbocycles. The summed E-state index contributed by atoms with van der Waals surface area (Å²) in [6.07, 6.45) is 0.249. The largest absolute Gasteiger partial charge is 0.486 e. The lowest BCUT2D eigenvalue weighted by atomic mass is 10.2. The Balaban J connectivity index is 1.58. The van der Waals surface area contributed by atoms with Crippen LogP contribution in [0.3, 0.4) is 0 Å². The highest BCUT2D eigenvalue weighted by atomic mass is 16.6. The SMILES string of the molecule is c1cc(CN2CCNCC2)cc(OC2COC2)c1. The fourth-order valence-corrected chi connectivity index (χ4v) is 2.32. The molecule has 0 amide bonds. The van der Waals surface area contributed by atoms with Crippen LogP contribution in [0.1, 0.15) is 5.56 Å². The van der Waals surface area contributed by atoms with E-state index in [9.17, 15) is 0 Å². The number of piperazine rings is 1. The number of hydrogen-bond acceptors (Lipinski definition) is 4. The summed E-state index contributed by atoms with van der Waals surface area (Å²) in [4.78, 5) is 2.47. The minimum absolute atomic E-state index is 0.249. The van der Waals surface area contributed by atoms with Crippen LogP contribution in [0.25, 0.3) is 0 Å². The fourth-order valence-electron chi connectivity index (χ4n) is 2.32. The van der Waals surface area contributed by atoms with Crippen molar-refractivity contribution in [1.29, 1.82) is 0 Å². The van der Waals surface area contributed by atoms with E-state index in [0.29, 0.717) is 0 Å². The summed E-state index contributed by atoms with van der Waals surface area (Å²) in [6.45, 7) is 6.90. The average molecular weight is 248 g/mol. The minimum Gasteiger partial charge on any atom is -0.486 e. The van der Waals surface area contributed by atoms with E-state index in [0.717, 1.165) is 51.7 Å². The van der Waals surface area contributed by atoms with E-state index in [-0.39, 0.29) is 6.10 Å². The maximum Gasteiger partial charge on any atom is 0.145 e. The van der Waals surface area contributed by atoms with Crippen LogP contribution in [0.5, 0.6) is 5.75 Å². The summed E-state index contributed by atoms with van der Waals surface area (Å²) < 4.78 is 10.9. The van der Waals surface area contributed by atoms with Crippen molar-refractivity contribution < 1.29 is 9.47 Å². The molecule has 1 aromatic rings. The van der Waals surface area contributed by atoms with Gasteiger partial charge in [-0.25, -0.2) is 0 Å². The molecule has 4 heteroatoms. The van der Waals surface area contributed by atoms with Crippen molar-refractivity contribution in [3.05, 3.63) is 29.8 Å². The number of nitrogens with one attached hydrogen (secondary N) is 1. The monoisotopic (exact) mass is 248 g/mol. The Morgan fingerprint density at radius 1 is 1.28 bits per heavy atom. The van der Waals surface area contributed by atoms with Gasteiger partial charge >= 0.3 is 0 Å². The zero-order valence-electron chi connectivity index (χ0n) is 10.6. The van der Waals surface area contributed by atoms with Gasteiger partial charge in [-0.05, 0) is 17.7 Å². The zero-order valence-corrected chi connectivity index (χ0v) is 10.6. The van der Waals surface area contributed by atoms with Gasteiger partial charge in [0.25, 0.3) is 0 Å². The lowest BCUT2D eigenvalue weighted by Crippen LogP contribution is -2.42. The van der Waals surface area contributed by atoms with E-state index in [1.807, 2.05) is 6.07 Å². The lowest BCUT2D eigenvalue weighted by molar-refractivity contribution is -0.0797. The van der Waals surface area contributed by atoms with Gasteiger partial charge in [0.1, 0.15) is 11.9 Å². The molecule has 2 saturated heterocycles. The highest BCUT2D eigenvalue weighted by Crippen LogP contribution is 2.18. The fraction of sp³-hybridized carbons (Fsp3) is 0.571. The van der Waals surface area contributed by atoms with Gasteiger partial charge in [0.15, 0.2) is 0 Å². The maximum atomic E-state index is 5.82. The molecule has 0 bridgehead atoms. The third kappa shape index (κ3) is 3.02. The highest BCUT2D eigenvalue weighted by Gasteiger charge is 2.20. The number of nitrogens with zero attached hydrogens (tertiary/aromatic N) is 1. The summed E-state index contributed by atoms with van der Waals surface area (Å²) in [5.41, 5.74) is 1.33. The molecule has 18 heavy (non-hydrogen) atoms. The van der Waals surface area contributed by atoms with Gasteiger partial charge in [0.2, 0.25) is 0 Å². The predicted molar refractivity (Wildman–Crippen MR) is 69.8 cm³/mol. The highest BCUT2D eigenvalue weighted by molar-refractivity contribution is 5.28. The Hall–Kier alpha value is -1.10. The Bertz CT molecular complexity index is 387. The standard InChI is InChI=1S/C14H20N2O2/c1-2-12(9-16-6-4-15-5-7-16)8-13(3-1)18-14-10-17-11-14/h1-3,8,14-15H,4-7,9-11H2. The van der Waals surface area contributed by atoms with Crippen molar-refractivity contribution in [1.82, 2.24) is 10.2 Å². The van der Waals surface area contributed by atoms with Gasteiger partial charge in [-0.1, -0.05) is 12.1 Å². The van der Waals surface area contributed by atoms with E-state index in [4.69, 9.17) is 9.47 Å². The van der Waals surface area contributed by atoms with E-state index in [1.165, 1.54) is 5.56 Å². The van der Waals surface area contributed by atoms with E-state index >= 15 is 0 Å². The summed E-state index contributed by atoms with van der Waals surface area (Å²) in [5, 5.41) is 3.37. The smallest absolute Gasteiger partial charge is 0.145 e. The molecule has 0 atom stereocenters. The van der Waals surface area contributed by atoms with Gasteiger partial charge < -0.3 is 14.8 Å². The van der Waals surface area contributed by atoms with Crippen LogP contribution >= 0.6 is 0 Å². The lowest BCUT2D eigenvalue weighted by Gasteiger charge is -2.28. The molecule has 0 radical (unpaired) electrons. The Labute approximate surface area is 108 Å². The molecule has 1 N–H and O–H groups in total. The van der Waals surface area contributed by atoms with Crippen molar-refractivity contribution in [3.8, 4) is 5.75 Å². The molecule has 0 unspecified atom stereocenters. The van der Waals surface area contributed by atoms with Gasteiger partial charge in [-0.2, -0.15) is 0 Å². The topological polar surface area (TPSA) is 33.7 Å². The summed E-state index contributed by atoms with van der Waals surface area (Å²) in [7, 11) is 0. The number of rotatable bonds is 4. The van der Waals surface area contributed by atoms with Crippen molar-refractivity contribution in [2.45, 2.75) is 12.6 Å². The first-order valence-corrected chi connectivity index (χ1v) is 6.66. The van der Waals surface area contributed by atoms with Crippen LogP contribution in [0.4, 0.5) is 0 Å². The molecule has 1 aromatic carbocycles. The normalized spacial score (nSPS) is 21.6. The second kappa shape index (κ2) is 5.69. The van der Waals surface area contributed by atoms with Crippen molar-refractivity contribution in [2.75, 3.05) is 39.4 Å². The van der Waals surface area contributed by atoms with Crippen LogP contribution in [-0.2, 0) is 11.3 Å². The molecule has 4 nitrogen and oxygen atoms in total. The number of hydrogen-bond donors (Lipinski definition) is 1. The molecule has 0 spiro atoms. The maximum absolute atomic E-state index is 5.82. The summed E-state index contributed by atoms with van der Waals surface area (Å²) >= 11 is 0. The quantitative estimate of drug-likeness (QED) is 0.857. The van der Waals surface area contributed by atoms with Crippen LogP contribution in [0.15, 0.2) is 24.3 Å². The molecule has 2 aliphatic rings. The van der Waals surface area contributed by atoms with Crippen molar-refractivity contribution in [2.24, 2.45) is 0 Å². The van der Waals surface area contributed by atoms with E-state index in [1.54, 1.807) is 0 Å². The zero-order chi connectivity index (χ0) is 12.2. The third-order valence-corrected chi connectivity index (χ3v) is 3.42. The summed E-state index contributed by atoms with van der Waals surface area (Å²) in [5.74, 6) is 0.968. The van der Waals surface area contributed by atoms with Crippen LogP contribution in [0.2, 0.25) is 0 Å². The van der Waals surface area contributed by atoms with Crippen LogP contribution in [-0.4, -0.2) is 50.4 Å². The third-order valence-electron chi connectivity index (χ3n) is 3.42. The Kier molecular flexibility index (Phi) is 3.78. The van der Waals surface area contributed by atoms with Crippen molar-refractivity contribution in [3.63, 3.8) is 0 Å². The van der Waals surface area contributed by atoms with E-state index in [2.05, 4.69) is 28.4 Å². The van der Waals surface area contributed by atoms with Gasteiger partial charge in [0.05, 0.1) is 13.2 Å². The molecule has 0 aliphatic carbocycles. The molecule has 2 aliphatic heterocycles. The second-order valence-electron chi connectivity index (χ2n) is 4.95. The average Bonchev–Trinajstić information content (AvgIpc) is 2.36.